The van der Waals surface area contributed by atoms with Crippen LogP contribution in [0, 0.1) is 5.92 Å². The van der Waals surface area contributed by atoms with Crippen LogP contribution in [0.2, 0.25) is 0 Å². The largest absolute Gasteiger partial charge is 0.325 e. The molecule has 1 aromatic heterocycles. The van der Waals surface area contributed by atoms with E-state index in [2.05, 4.69) is 24.1 Å². The Hall–Kier alpha value is -2.69. The van der Waals surface area contributed by atoms with Gasteiger partial charge in [-0.3, -0.25) is 14.4 Å². The predicted octanol–water partition coefficient (Wildman–Crippen LogP) is 3.52. The lowest BCUT2D eigenvalue weighted by Crippen LogP contribution is -2.29. The summed E-state index contributed by atoms with van der Waals surface area (Å²) in [5, 5.41) is 2.73. The fourth-order valence-electron chi connectivity index (χ4n) is 3.14. The minimum Gasteiger partial charge on any atom is -0.325 e. The van der Waals surface area contributed by atoms with E-state index in [0.717, 1.165) is 0 Å². The van der Waals surface area contributed by atoms with Gasteiger partial charge in [0.15, 0.2) is 5.78 Å². The van der Waals surface area contributed by atoms with E-state index in [1.165, 1.54) is 11.6 Å². The lowest BCUT2D eigenvalue weighted by Gasteiger charge is -2.20. The van der Waals surface area contributed by atoms with Gasteiger partial charge in [0.2, 0.25) is 0 Å². The summed E-state index contributed by atoms with van der Waals surface area (Å²) in [4.78, 5) is 39.6. The van der Waals surface area contributed by atoms with Crippen LogP contribution in [0.5, 0.6) is 0 Å². The second-order valence-corrected chi connectivity index (χ2v) is 7.07. The number of hydrogen-bond donors (Lipinski definition) is 2. The number of nitrogens with one attached hydrogen (secondary N) is 2. The van der Waals surface area contributed by atoms with Crippen LogP contribution in [-0.4, -0.2) is 16.7 Å². The van der Waals surface area contributed by atoms with Gasteiger partial charge in [0, 0.05) is 23.4 Å². The molecule has 5 nitrogen and oxygen atoms in total. The van der Waals surface area contributed by atoms with Gasteiger partial charge in [0.1, 0.15) is 5.56 Å². The molecule has 1 aromatic carbocycles. The molecule has 0 saturated heterocycles. The molecule has 130 valence electrons. The van der Waals surface area contributed by atoms with E-state index < -0.39 is 11.5 Å². The van der Waals surface area contributed by atoms with Crippen LogP contribution >= 0.6 is 0 Å². The Morgan fingerprint density at radius 1 is 1.16 bits per heavy atom. The quantitative estimate of drug-likeness (QED) is 0.899. The highest BCUT2D eigenvalue weighted by Gasteiger charge is 2.25. The molecule has 1 atom stereocenters. The number of carbonyl (C=O) groups excluding carboxylic acids is 2. The summed E-state index contributed by atoms with van der Waals surface area (Å²) in [6.45, 7) is 6.16. The number of fused-ring (bicyclic) bond motifs is 1. The number of H-pyrrole nitrogens is 1. The molecule has 1 aliphatic carbocycles. The van der Waals surface area contributed by atoms with Gasteiger partial charge in [-0.2, -0.15) is 0 Å². The van der Waals surface area contributed by atoms with Crippen molar-refractivity contribution in [1.29, 1.82) is 0 Å². The molecule has 0 aliphatic heterocycles. The van der Waals surface area contributed by atoms with Crippen molar-refractivity contribution >= 4 is 17.4 Å². The summed E-state index contributed by atoms with van der Waals surface area (Å²) in [6.07, 6.45) is 1.09. The summed E-state index contributed by atoms with van der Waals surface area (Å²) in [6, 6.07) is 8.95. The lowest BCUT2D eigenvalue weighted by molar-refractivity contribution is 0.0952. The third kappa shape index (κ3) is 3.55. The molecule has 2 aromatic rings. The Bertz CT molecular complexity index is 879. The van der Waals surface area contributed by atoms with Gasteiger partial charge < -0.3 is 10.3 Å². The number of pyridine rings is 1. The maximum atomic E-state index is 12.5. The Morgan fingerprint density at radius 2 is 1.84 bits per heavy atom. The van der Waals surface area contributed by atoms with Gasteiger partial charge in [0.25, 0.3) is 11.5 Å². The van der Waals surface area contributed by atoms with E-state index in [4.69, 9.17) is 0 Å². The highest BCUT2D eigenvalue weighted by atomic mass is 16.2. The molecular formula is C20H22N2O3. The van der Waals surface area contributed by atoms with Crippen LogP contribution in [-0.2, 0) is 6.42 Å². The maximum absolute atomic E-state index is 12.5. The highest BCUT2D eigenvalue weighted by Crippen LogP contribution is 2.23. The summed E-state index contributed by atoms with van der Waals surface area (Å²) in [5.74, 6) is 0.0737. The molecule has 25 heavy (non-hydrogen) atoms. The molecule has 0 radical (unpaired) electrons. The summed E-state index contributed by atoms with van der Waals surface area (Å²) < 4.78 is 0. The molecule has 2 N–H and O–H groups in total. The summed E-state index contributed by atoms with van der Waals surface area (Å²) in [5.41, 5.74) is 2.38. The SMILES string of the molecule is CC(C)c1ccc(NC(=O)c2cc3c([nH]c2=O)C[C@@H](C)CC3=O)cc1. The Morgan fingerprint density at radius 3 is 2.48 bits per heavy atom. The van der Waals surface area contributed by atoms with E-state index in [-0.39, 0.29) is 17.3 Å². The topological polar surface area (TPSA) is 79.0 Å². The van der Waals surface area contributed by atoms with Gasteiger partial charge >= 0.3 is 0 Å². The number of amides is 1. The molecule has 1 aliphatic rings. The molecule has 0 bridgehead atoms. The average molecular weight is 338 g/mol. The molecule has 0 unspecified atom stereocenters. The summed E-state index contributed by atoms with van der Waals surface area (Å²) >= 11 is 0. The summed E-state index contributed by atoms with van der Waals surface area (Å²) in [7, 11) is 0. The molecule has 1 heterocycles. The number of anilines is 1. The van der Waals surface area contributed by atoms with Crippen molar-refractivity contribution in [2.24, 2.45) is 5.92 Å². The van der Waals surface area contributed by atoms with Crippen LogP contribution in [0.1, 0.15) is 65.1 Å². The second-order valence-electron chi connectivity index (χ2n) is 7.07. The fraction of sp³-hybridized carbons (Fsp3) is 0.350. The lowest BCUT2D eigenvalue weighted by atomic mass is 9.86. The number of ketones is 1. The van der Waals surface area contributed by atoms with Crippen molar-refractivity contribution in [3.05, 3.63) is 63.1 Å². The van der Waals surface area contributed by atoms with Gasteiger partial charge in [-0.1, -0.05) is 32.9 Å². The van der Waals surface area contributed by atoms with E-state index in [1.54, 1.807) is 0 Å². The molecule has 0 fully saturated rings. The van der Waals surface area contributed by atoms with Gasteiger partial charge in [-0.15, -0.1) is 0 Å². The second kappa shape index (κ2) is 6.67. The Kier molecular flexibility index (Phi) is 4.57. The van der Waals surface area contributed by atoms with Crippen LogP contribution in [0.3, 0.4) is 0 Å². The van der Waals surface area contributed by atoms with Crippen molar-refractivity contribution in [2.75, 3.05) is 5.32 Å². The number of carbonyl (C=O) groups is 2. The first kappa shape index (κ1) is 17.1. The first-order chi connectivity index (χ1) is 11.8. The van der Waals surface area contributed by atoms with Crippen molar-refractivity contribution in [3.8, 4) is 0 Å². The third-order valence-corrected chi connectivity index (χ3v) is 4.59. The number of rotatable bonds is 3. The number of benzene rings is 1. The zero-order valence-corrected chi connectivity index (χ0v) is 14.7. The molecule has 0 saturated carbocycles. The average Bonchev–Trinajstić information content (AvgIpc) is 2.54. The van der Waals surface area contributed by atoms with Crippen molar-refractivity contribution in [1.82, 2.24) is 4.98 Å². The zero-order valence-electron chi connectivity index (χ0n) is 14.7. The first-order valence-corrected chi connectivity index (χ1v) is 8.56. The fourth-order valence-corrected chi connectivity index (χ4v) is 3.14. The molecular weight excluding hydrogens is 316 g/mol. The standard InChI is InChI=1S/C20H22N2O3/c1-11(2)13-4-6-14(7-5-13)21-19(24)16-10-15-17(22-20(16)25)8-12(3)9-18(15)23/h4-7,10-12H,8-9H2,1-3H3,(H,21,24)(H,22,25)/t12-/m1/s1. The van der Waals surface area contributed by atoms with Crippen molar-refractivity contribution < 1.29 is 9.59 Å². The van der Waals surface area contributed by atoms with E-state index >= 15 is 0 Å². The maximum Gasteiger partial charge on any atom is 0.261 e. The van der Waals surface area contributed by atoms with Crippen LogP contribution in [0.15, 0.2) is 35.1 Å². The Labute approximate surface area is 146 Å². The monoisotopic (exact) mass is 338 g/mol. The van der Waals surface area contributed by atoms with Gasteiger partial charge in [0.05, 0.1) is 0 Å². The Balaban J connectivity index is 1.86. The van der Waals surface area contributed by atoms with Crippen molar-refractivity contribution in [2.45, 2.75) is 39.5 Å². The molecule has 1 amide bonds. The molecule has 3 rings (SSSR count). The number of hydrogen-bond acceptors (Lipinski definition) is 3. The van der Waals surface area contributed by atoms with Crippen LogP contribution in [0.25, 0.3) is 0 Å². The number of aromatic nitrogens is 1. The van der Waals surface area contributed by atoms with Crippen LogP contribution < -0.4 is 10.9 Å². The van der Waals surface area contributed by atoms with E-state index in [0.29, 0.717) is 35.7 Å². The van der Waals surface area contributed by atoms with Crippen molar-refractivity contribution in [3.63, 3.8) is 0 Å². The molecule has 0 spiro atoms. The predicted molar refractivity (Wildman–Crippen MR) is 97.4 cm³/mol. The van der Waals surface area contributed by atoms with E-state index in [1.807, 2.05) is 31.2 Å². The first-order valence-electron chi connectivity index (χ1n) is 8.56. The minimum atomic E-state index is -0.507. The minimum absolute atomic E-state index is 0.0275. The van der Waals surface area contributed by atoms with Gasteiger partial charge in [-0.25, -0.2) is 0 Å². The number of aromatic amines is 1. The zero-order chi connectivity index (χ0) is 18.1. The number of Topliss-reactive ketones (excluding diaryl/α,β-unsaturated/α-hetero) is 1. The smallest absolute Gasteiger partial charge is 0.261 e. The van der Waals surface area contributed by atoms with Crippen LogP contribution in [0.4, 0.5) is 5.69 Å². The normalized spacial score (nSPS) is 16.6. The van der Waals surface area contributed by atoms with E-state index in [9.17, 15) is 14.4 Å². The molecule has 5 heteroatoms. The third-order valence-electron chi connectivity index (χ3n) is 4.59. The highest BCUT2D eigenvalue weighted by molar-refractivity contribution is 6.06. The van der Waals surface area contributed by atoms with Gasteiger partial charge in [-0.05, 0) is 42.0 Å².